The first-order chi connectivity index (χ1) is 11.0. The van der Waals surface area contributed by atoms with Crippen molar-refractivity contribution in [1.29, 1.82) is 0 Å². The molecule has 0 spiro atoms. The molecule has 1 aliphatic heterocycles. The second kappa shape index (κ2) is 6.20. The van der Waals surface area contributed by atoms with Gasteiger partial charge in [-0.25, -0.2) is 4.39 Å². The molecule has 120 valence electrons. The number of benzene rings is 1. The van der Waals surface area contributed by atoms with Crippen LogP contribution < -0.4 is 10.2 Å². The van der Waals surface area contributed by atoms with Crippen LogP contribution in [0.4, 0.5) is 15.8 Å². The minimum atomic E-state index is -0.404. The van der Waals surface area contributed by atoms with E-state index in [1.165, 1.54) is 18.2 Å². The third kappa shape index (κ3) is 3.39. The van der Waals surface area contributed by atoms with E-state index in [0.29, 0.717) is 30.8 Å². The number of amides is 2. The van der Waals surface area contributed by atoms with E-state index in [9.17, 15) is 14.0 Å². The van der Waals surface area contributed by atoms with Crippen LogP contribution in [0.5, 0.6) is 0 Å². The fourth-order valence-electron chi connectivity index (χ4n) is 2.67. The van der Waals surface area contributed by atoms with Gasteiger partial charge in [0.1, 0.15) is 5.82 Å². The van der Waals surface area contributed by atoms with Crippen LogP contribution in [0.15, 0.2) is 36.7 Å². The Kier molecular flexibility index (Phi) is 4.10. The van der Waals surface area contributed by atoms with Crippen molar-refractivity contribution in [2.75, 3.05) is 16.8 Å². The quantitative estimate of drug-likeness (QED) is 0.941. The first kappa shape index (κ1) is 15.2. The zero-order valence-corrected chi connectivity index (χ0v) is 12.7. The highest BCUT2D eigenvalue weighted by Gasteiger charge is 2.31. The van der Waals surface area contributed by atoms with Gasteiger partial charge in [-0.2, -0.15) is 5.10 Å². The summed E-state index contributed by atoms with van der Waals surface area (Å²) in [7, 11) is 1.77. The Bertz CT molecular complexity index is 743. The molecule has 2 heterocycles. The molecule has 1 aromatic heterocycles. The molecule has 0 saturated carbocycles. The number of rotatable bonds is 3. The number of hydrogen-bond acceptors (Lipinski definition) is 3. The van der Waals surface area contributed by atoms with Gasteiger partial charge >= 0.3 is 0 Å². The van der Waals surface area contributed by atoms with E-state index in [2.05, 4.69) is 10.4 Å². The van der Waals surface area contributed by atoms with Crippen molar-refractivity contribution in [3.8, 4) is 0 Å². The molecule has 7 heteroatoms. The molecule has 1 aliphatic rings. The highest BCUT2D eigenvalue weighted by atomic mass is 19.1. The lowest BCUT2D eigenvalue weighted by atomic mass is 9.96. The number of aryl methyl sites for hydroxylation is 1. The molecule has 0 radical (unpaired) electrons. The van der Waals surface area contributed by atoms with Crippen LogP contribution >= 0.6 is 0 Å². The maximum atomic E-state index is 13.2. The normalized spacial score (nSPS) is 18.1. The van der Waals surface area contributed by atoms with Crippen LogP contribution in [0.3, 0.4) is 0 Å². The summed E-state index contributed by atoms with van der Waals surface area (Å²) in [5.74, 6) is -0.973. The van der Waals surface area contributed by atoms with Crippen LogP contribution in [0, 0.1) is 11.7 Å². The SMILES string of the molecule is Cn1cc(N2CC(C(=O)Nc3cccc(F)c3)CCC2=O)cn1. The summed E-state index contributed by atoms with van der Waals surface area (Å²) >= 11 is 0. The van der Waals surface area contributed by atoms with Gasteiger partial charge in [-0.15, -0.1) is 0 Å². The van der Waals surface area contributed by atoms with E-state index >= 15 is 0 Å². The second-order valence-electron chi connectivity index (χ2n) is 5.61. The lowest BCUT2D eigenvalue weighted by Crippen LogP contribution is -2.44. The van der Waals surface area contributed by atoms with Crippen LogP contribution in [-0.4, -0.2) is 28.1 Å². The third-order valence-electron chi connectivity index (χ3n) is 3.88. The molecule has 1 atom stereocenters. The maximum Gasteiger partial charge on any atom is 0.229 e. The van der Waals surface area contributed by atoms with Gasteiger partial charge in [0.15, 0.2) is 0 Å². The number of hydrogen-bond donors (Lipinski definition) is 1. The van der Waals surface area contributed by atoms with Gasteiger partial charge in [0.25, 0.3) is 0 Å². The van der Waals surface area contributed by atoms with Gasteiger partial charge in [-0.3, -0.25) is 14.3 Å². The molecule has 1 N–H and O–H groups in total. The van der Waals surface area contributed by atoms with Gasteiger partial charge in [-0.1, -0.05) is 6.07 Å². The van der Waals surface area contributed by atoms with Crippen molar-refractivity contribution in [1.82, 2.24) is 9.78 Å². The third-order valence-corrected chi connectivity index (χ3v) is 3.88. The van der Waals surface area contributed by atoms with Crippen molar-refractivity contribution < 1.29 is 14.0 Å². The fourth-order valence-corrected chi connectivity index (χ4v) is 2.67. The Labute approximate surface area is 132 Å². The minimum absolute atomic E-state index is 0.0206. The van der Waals surface area contributed by atoms with Gasteiger partial charge in [-0.05, 0) is 24.6 Å². The molecule has 6 nitrogen and oxygen atoms in total. The molecule has 0 aliphatic carbocycles. The molecular weight excluding hydrogens is 299 g/mol. The van der Waals surface area contributed by atoms with Crippen LogP contribution in [0.2, 0.25) is 0 Å². The second-order valence-corrected chi connectivity index (χ2v) is 5.61. The number of carbonyl (C=O) groups excluding carboxylic acids is 2. The molecule has 3 rings (SSSR count). The molecule has 1 unspecified atom stereocenters. The molecule has 1 aromatic carbocycles. The van der Waals surface area contributed by atoms with Crippen LogP contribution in [0.1, 0.15) is 12.8 Å². The number of nitrogens with zero attached hydrogens (tertiary/aromatic N) is 3. The van der Waals surface area contributed by atoms with Gasteiger partial charge in [0.05, 0.1) is 17.8 Å². The van der Waals surface area contributed by atoms with Gasteiger partial charge in [0, 0.05) is 31.9 Å². The van der Waals surface area contributed by atoms with Gasteiger partial charge in [0.2, 0.25) is 11.8 Å². The topological polar surface area (TPSA) is 67.2 Å². The highest BCUT2D eigenvalue weighted by Crippen LogP contribution is 2.24. The first-order valence-corrected chi connectivity index (χ1v) is 7.38. The predicted molar refractivity (Wildman–Crippen MR) is 83.3 cm³/mol. The number of anilines is 2. The Hall–Kier alpha value is -2.70. The molecule has 2 aromatic rings. The average molecular weight is 316 g/mol. The standard InChI is InChI=1S/C16H17FN4O2/c1-20-10-14(8-18-20)21-9-11(5-6-15(21)22)16(23)19-13-4-2-3-12(17)7-13/h2-4,7-8,10-11H,5-6,9H2,1H3,(H,19,23). The molecule has 2 amide bonds. The summed E-state index contributed by atoms with van der Waals surface area (Å²) in [5.41, 5.74) is 1.10. The Morgan fingerprint density at radius 2 is 2.26 bits per heavy atom. The van der Waals surface area contributed by atoms with Crippen LogP contribution in [-0.2, 0) is 16.6 Å². The average Bonchev–Trinajstić information content (AvgIpc) is 2.94. The van der Waals surface area contributed by atoms with E-state index in [1.807, 2.05) is 0 Å². The van der Waals surface area contributed by atoms with E-state index < -0.39 is 5.82 Å². The minimum Gasteiger partial charge on any atom is -0.326 e. The smallest absolute Gasteiger partial charge is 0.229 e. The summed E-state index contributed by atoms with van der Waals surface area (Å²) in [6.45, 7) is 0.297. The zero-order chi connectivity index (χ0) is 16.4. The van der Waals surface area contributed by atoms with Crippen molar-refractivity contribution in [2.24, 2.45) is 13.0 Å². The summed E-state index contributed by atoms with van der Waals surface area (Å²) in [6.07, 6.45) is 4.13. The number of aromatic nitrogens is 2. The fraction of sp³-hybridized carbons (Fsp3) is 0.312. The largest absolute Gasteiger partial charge is 0.326 e. The predicted octanol–water partition coefficient (Wildman–Crippen LogP) is 1.94. The van der Waals surface area contributed by atoms with Crippen molar-refractivity contribution in [3.63, 3.8) is 0 Å². The number of nitrogens with one attached hydrogen (secondary N) is 1. The summed E-state index contributed by atoms with van der Waals surface area (Å²) in [6, 6.07) is 5.76. The van der Waals surface area contributed by atoms with Crippen molar-refractivity contribution >= 4 is 23.2 Å². The summed E-state index contributed by atoms with van der Waals surface area (Å²) < 4.78 is 14.8. The first-order valence-electron chi connectivity index (χ1n) is 7.38. The Morgan fingerprint density at radius 3 is 2.96 bits per heavy atom. The summed E-state index contributed by atoms with van der Waals surface area (Å²) in [4.78, 5) is 26.0. The zero-order valence-electron chi connectivity index (χ0n) is 12.7. The molecule has 23 heavy (non-hydrogen) atoms. The molecule has 0 bridgehead atoms. The molecule has 1 fully saturated rings. The van der Waals surface area contributed by atoms with Crippen LogP contribution in [0.25, 0.3) is 0 Å². The lowest BCUT2D eigenvalue weighted by Gasteiger charge is -2.30. The van der Waals surface area contributed by atoms with Crippen molar-refractivity contribution in [3.05, 3.63) is 42.5 Å². The molecule has 1 saturated heterocycles. The van der Waals surface area contributed by atoms with E-state index in [-0.39, 0.29) is 17.7 Å². The van der Waals surface area contributed by atoms with E-state index in [1.54, 1.807) is 35.1 Å². The molecular formula is C16H17FN4O2. The van der Waals surface area contributed by atoms with E-state index in [0.717, 1.165) is 0 Å². The number of carbonyl (C=O) groups is 2. The van der Waals surface area contributed by atoms with Crippen molar-refractivity contribution in [2.45, 2.75) is 12.8 Å². The Morgan fingerprint density at radius 1 is 1.43 bits per heavy atom. The number of halogens is 1. The summed E-state index contributed by atoms with van der Waals surface area (Å²) in [5, 5.41) is 6.76. The monoisotopic (exact) mass is 316 g/mol. The maximum absolute atomic E-state index is 13.2. The van der Waals surface area contributed by atoms with Gasteiger partial charge < -0.3 is 10.2 Å². The Balaban J connectivity index is 1.70. The van der Waals surface area contributed by atoms with E-state index in [4.69, 9.17) is 0 Å². The number of piperidine rings is 1. The lowest BCUT2D eigenvalue weighted by molar-refractivity contribution is -0.124. The highest BCUT2D eigenvalue weighted by molar-refractivity contribution is 5.98.